The molecule has 4 nitrogen and oxygen atoms in total. The molecule has 0 unspecified atom stereocenters. The first-order valence-corrected chi connectivity index (χ1v) is 10.6. The Bertz CT molecular complexity index is 473. The standard InChI is InChI=1S/C21H35ClO4/c1-2-3-6-9-17(23)12-13-19-18(16(15-22)14-20(19)24)10-7-4-5-8-11-21(25)26/h12-13,17,19-20,23-24H,2-11,14-15H2,1H3,(H,25,26)/b13-12+/t17-,19+,20+/m0/s1. The third-order valence-corrected chi connectivity index (χ3v) is 5.44. The second kappa shape index (κ2) is 13.3. The fourth-order valence-electron chi connectivity index (χ4n) is 3.60. The Hall–Kier alpha value is -0.840. The van der Waals surface area contributed by atoms with E-state index in [1.807, 2.05) is 12.2 Å². The lowest BCUT2D eigenvalue weighted by atomic mass is 9.92. The summed E-state index contributed by atoms with van der Waals surface area (Å²) in [6.45, 7) is 2.14. The van der Waals surface area contributed by atoms with Crippen LogP contribution in [0.2, 0.25) is 0 Å². The molecule has 26 heavy (non-hydrogen) atoms. The lowest BCUT2D eigenvalue weighted by Crippen LogP contribution is -2.15. The van der Waals surface area contributed by atoms with Gasteiger partial charge < -0.3 is 15.3 Å². The van der Waals surface area contributed by atoms with Crippen LogP contribution < -0.4 is 0 Å². The average Bonchev–Trinajstić information content (AvgIpc) is 2.91. The zero-order valence-corrected chi connectivity index (χ0v) is 16.8. The molecule has 3 N–H and O–H groups in total. The van der Waals surface area contributed by atoms with Gasteiger partial charge in [0.05, 0.1) is 12.2 Å². The second-order valence-corrected chi connectivity index (χ2v) is 7.58. The van der Waals surface area contributed by atoms with E-state index in [1.165, 1.54) is 5.57 Å². The first-order valence-electron chi connectivity index (χ1n) is 10.0. The molecule has 0 aromatic carbocycles. The van der Waals surface area contributed by atoms with Gasteiger partial charge in [0.1, 0.15) is 0 Å². The Morgan fingerprint density at radius 2 is 1.96 bits per heavy atom. The fourth-order valence-corrected chi connectivity index (χ4v) is 3.88. The number of rotatable bonds is 14. The normalized spacial score (nSPS) is 21.7. The summed E-state index contributed by atoms with van der Waals surface area (Å²) >= 11 is 6.07. The van der Waals surface area contributed by atoms with E-state index in [-0.39, 0.29) is 12.3 Å². The highest BCUT2D eigenvalue weighted by atomic mass is 35.5. The van der Waals surface area contributed by atoms with Gasteiger partial charge in [0.2, 0.25) is 0 Å². The van der Waals surface area contributed by atoms with Crippen molar-refractivity contribution >= 4 is 17.6 Å². The number of hydrogen-bond acceptors (Lipinski definition) is 3. The maximum absolute atomic E-state index is 10.5. The van der Waals surface area contributed by atoms with Crippen molar-refractivity contribution in [2.75, 3.05) is 5.88 Å². The molecule has 0 spiro atoms. The van der Waals surface area contributed by atoms with E-state index < -0.39 is 18.2 Å². The molecular formula is C21H35ClO4. The van der Waals surface area contributed by atoms with Crippen LogP contribution in [0.1, 0.15) is 77.6 Å². The summed E-state index contributed by atoms with van der Waals surface area (Å²) in [5, 5.41) is 29.1. The van der Waals surface area contributed by atoms with Crippen LogP contribution in [0.5, 0.6) is 0 Å². The highest BCUT2D eigenvalue weighted by Gasteiger charge is 2.30. The van der Waals surface area contributed by atoms with Crippen molar-refractivity contribution in [2.24, 2.45) is 5.92 Å². The molecule has 0 bridgehead atoms. The van der Waals surface area contributed by atoms with Crippen molar-refractivity contribution in [3.05, 3.63) is 23.3 Å². The molecule has 150 valence electrons. The van der Waals surface area contributed by atoms with Crippen molar-refractivity contribution in [1.82, 2.24) is 0 Å². The highest BCUT2D eigenvalue weighted by Crippen LogP contribution is 2.37. The van der Waals surface area contributed by atoms with Gasteiger partial charge in [0.25, 0.3) is 0 Å². The van der Waals surface area contributed by atoms with E-state index in [2.05, 4.69) is 6.92 Å². The van der Waals surface area contributed by atoms with Gasteiger partial charge in [-0.3, -0.25) is 4.79 Å². The van der Waals surface area contributed by atoms with E-state index in [9.17, 15) is 15.0 Å². The summed E-state index contributed by atoms with van der Waals surface area (Å²) in [4.78, 5) is 10.5. The largest absolute Gasteiger partial charge is 0.481 e. The van der Waals surface area contributed by atoms with E-state index >= 15 is 0 Å². The molecule has 0 aromatic heterocycles. The Kier molecular flexibility index (Phi) is 11.9. The molecule has 0 heterocycles. The van der Waals surface area contributed by atoms with Crippen LogP contribution in [0, 0.1) is 5.92 Å². The van der Waals surface area contributed by atoms with E-state index in [0.717, 1.165) is 56.9 Å². The van der Waals surface area contributed by atoms with Crippen molar-refractivity contribution < 1.29 is 20.1 Å². The molecule has 0 aliphatic heterocycles. The van der Waals surface area contributed by atoms with Gasteiger partial charge >= 0.3 is 5.97 Å². The van der Waals surface area contributed by atoms with Gasteiger partial charge in [-0.15, -0.1) is 11.6 Å². The number of aliphatic hydroxyl groups is 2. The lowest BCUT2D eigenvalue weighted by Gasteiger charge is -2.16. The average molecular weight is 387 g/mol. The Labute approximate surface area is 163 Å². The number of carboxylic acids is 1. The predicted molar refractivity (Wildman–Crippen MR) is 106 cm³/mol. The van der Waals surface area contributed by atoms with Crippen LogP contribution in [0.3, 0.4) is 0 Å². The fraction of sp³-hybridized carbons (Fsp3) is 0.762. The number of carboxylic acid groups (broad SMARTS) is 1. The number of aliphatic carboxylic acids is 1. The van der Waals surface area contributed by atoms with Gasteiger partial charge in [-0.05, 0) is 32.1 Å². The second-order valence-electron chi connectivity index (χ2n) is 7.32. The number of carbonyl (C=O) groups is 1. The molecule has 5 heteroatoms. The van der Waals surface area contributed by atoms with Gasteiger partial charge in [-0.1, -0.05) is 62.3 Å². The van der Waals surface area contributed by atoms with Crippen molar-refractivity contribution in [3.8, 4) is 0 Å². The molecule has 1 aliphatic carbocycles. The molecule has 3 atom stereocenters. The summed E-state index contributed by atoms with van der Waals surface area (Å²) in [5.41, 5.74) is 2.34. The molecule has 0 aromatic rings. The predicted octanol–water partition coefficient (Wildman–Crippen LogP) is 4.83. The van der Waals surface area contributed by atoms with E-state index in [4.69, 9.17) is 16.7 Å². The van der Waals surface area contributed by atoms with Crippen LogP contribution in [0.25, 0.3) is 0 Å². The van der Waals surface area contributed by atoms with Crippen LogP contribution in [0.15, 0.2) is 23.3 Å². The Morgan fingerprint density at radius 1 is 1.23 bits per heavy atom. The molecule has 1 aliphatic rings. The minimum atomic E-state index is -0.737. The summed E-state index contributed by atoms with van der Waals surface area (Å²) in [7, 11) is 0. The smallest absolute Gasteiger partial charge is 0.303 e. The lowest BCUT2D eigenvalue weighted by molar-refractivity contribution is -0.137. The quantitative estimate of drug-likeness (QED) is 0.227. The number of halogens is 1. The minimum Gasteiger partial charge on any atom is -0.481 e. The minimum absolute atomic E-state index is 0.0522. The van der Waals surface area contributed by atoms with Gasteiger partial charge in [0, 0.05) is 18.2 Å². The zero-order valence-electron chi connectivity index (χ0n) is 16.0. The first kappa shape index (κ1) is 23.2. The third-order valence-electron chi connectivity index (χ3n) is 5.12. The SMILES string of the molecule is CCCCC[C@H](O)/C=C/[C@@H]1C(CCCCCCC(=O)O)=C(CCl)C[C@H]1O. The van der Waals surface area contributed by atoms with Crippen LogP contribution in [-0.2, 0) is 4.79 Å². The van der Waals surface area contributed by atoms with E-state index in [0.29, 0.717) is 18.7 Å². The molecular weight excluding hydrogens is 352 g/mol. The number of unbranched alkanes of at least 4 members (excludes halogenated alkanes) is 5. The third kappa shape index (κ3) is 8.70. The Morgan fingerprint density at radius 3 is 2.62 bits per heavy atom. The number of aliphatic hydroxyl groups excluding tert-OH is 2. The summed E-state index contributed by atoms with van der Waals surface area (Å²) in [6.07, 6.45) is 12.2. The Balaban J connectivity index is 2.51. The molecule has 0 radical (unpaired) electrons. The van der Waals surface area contributed by atoms with Crippen LogP contribution >= 0.6 is 11.6 Å². The number of hydrogen-bond donors (Lipinski definition) is 3. The number of alkyl halides is 1. The topological polar surface area (TPSA) is 77.8 Å². The first-order chi connectivity index (χ1) is 12.5. The summed E-state index contributed by atoms with van der Waals surface area (Å²) in [6, 6.07) is 0. The molecule has 1 rings (SSSR count). The maximum Gasteiger partial charge on any atom is 0.303 e. The van der Waals surface area contributed by atoms with Gasteiger partial charge in [-0.25, -0.2) is 0 Å². The molecule has 0 amide bonds. The summed E-state index contributed by atoms with van der Waals surface area (Å²) in [5.74, 6) is -0.350. The van der Waals surface area contributed by atoms with Crippen LogP contribution in [-0.4, -0.2) is 39.4 Å². The molecule has 0 fully saturated rings. The molecule has 0 saturated carbocycles. The van der Waals surface area contributed by atoms with Crippen LogP contribution in [0.4, 0.5) is 0 Å². The van der Waals surface area contributed by atoms with Crippen molar-refractivity contribution in [2.45, 2.75) is 89.8 Å². The highest BCUT2D eigenvalue weighted by molar-refractivity contribution is 6.19. The molecule has 0 saturated heterocycles. The maximum atomic E-state index is 10.5. The van der Waals surface area contributed by atoms with Crippen molar-refractivity contribution in [1.29, 1.82) is 0 Å². The monoisotopic (exact) mass is 386 g/mol. The van der Waals surface area contributed by atoms with E-state index in [1.54, 1.807) is 0 Å². The van der Waals surface area contributed by atoms with Gasteiger partial charge in [0.15, 0.2) is 0 Å². The van der Waals surface area contributed by atoms with Crippen molar-refractivity contribution in [3.63, 3.8) is 0 Å². The summed E-state index contributed by atoms with van der Waals surface area (Å²) < 4.78 is 0. The van der Waals surface area contributed by atoms with Gasteiger partial charge in [-0.2, -0.15) is 0 Å². The zero-order chi connectivity index (χ0) is 19.4.